The molecule has 2 nitrogen and oxygen atoms in total. The summed E-state index contributed by atoms with van der Waals surface area (Å²) >= 11 is 0. The summed E-state index contributed by atoms with van der Waals surface area (Å²) in [6.07, 6.45) is 4.02. The Balaban J connectivity index is 1.61. The van der Waals surface area contributed by atoms with Gasteiger partial charge < -0.3 is 10.2 Å². The van der Waals surface area contributed by atoms with Crippen LogP contribution in [0.2, 0.25) is 0 Å². The van der Waals surface area contributed by atoms with Crippen molar-refractivity contribution in [1.29, 1.82) is 0 Å². The van der Waals surface area contributed by atoms with Gasteiger partial charge in [-0.15, -0.1) is 0 Å². The second-order valence-electron chi connectivity index (χ2n) is 7.11. The molecule has 0 spiro atoms. The molecule has 2 fully saturated rings. The summed E-state index contributed by atoms with van der Waals surface area (Å²) in [5.74, 6) is 0.914. The second-order valence-corrected chi connectivity index (χ2v) is 7.11. The number of hydrogen-bond acceptors (Lipinski definition) is 2. The zero-order chi connectivity index (χ0) is 14.0. The molecule has 20 heavy (non-hydrogen) atoms. The molecular formula is C18H28N2. The highest BCUT2D eigenvalue weighted by Gasteiger charge is 2.35. The molecule has 2 saturated heterocycles. The minimum Gasteiger partial charge on any atom is -0.317 e. The number of hydrogen-bond donors (Lipinski definition) is 1. The van der Waals surface area contributed by atoms with E-state index in [9.17, 15) is 0 Å². The standard InChI is InChI=1S/C18H28N2/c1-15-3-5-17(6-4-15)18(2)9-12-20(14-18)13-16-7-10-19-11-8-16/h3-6,16,19H,7-14H2,1-2H3. The van der Waals surface area contributed by atoms with Gasteiger partial charge in [-0.05, 0) is 57.3 Å². The van der Waals surface area contributed by atoms with Crippen LogP contribution in [0.3, 0.4) is 0 Å². The number of rotatable bonds is 3. The van der Waals surface area contributed by atoms with E-state index in [1.807, 2.05) is 0 Å². The molecule has 1 aromatic carbocycles. The zero-order valence-electron chi connectivity index (χ0n) is 13.0. The van der Waals surface area contributed by atoms with Crippen LogP contribution in [-0.2, 0) is 5.41 Å². The molecule has 0 amide bonds. The Kier molecular flexibility index (Phi) is 4.13. The van der Waals surface area contributed by atoms with Gasteiger partial charge >= 0.3 is 0 Å². The molecule has 0 radical (unpaired) electrons. The van der Waals surface area contributed by atoms with Crippen LogP contribution in [0.4, 0.5) is 0 Å². The fourth-order valence-electron chi connectivity index (χ4n) is 3.83. The average molecular weight is 272 g/mol. The summed E-state index contributed by atoms with van der Waals surface area (Å²) in [5.41, 5.74) is 3.25. The lowest BCUT2D eigenvalue weighted by Gasteiger charge is -2.29. The molecule has 2 aliphatic rings. The van der Waals surface area contributed by atoms with Gasteiger partial charge in [0.2, 0.25) is 0 Å². The normalized spacial score (nSPS) is 28.9. The molecule has 110 valence electrons. The smallest absolute Gasteiger partial charge is 0.00766 e. The number of benzene rings is 1. The highest BCUT2D eigenvalue weighted by atomic mass is 15.2. The SMILES string of the molecule is Cc1ccc(C2(C)CCN(CC3CCNCC3)C2)cc1. The molecule has 1 atom stereocenters. The van der Waals surface area contributed by atoms with Crippen molar-refractivity contribution in [2.45, 2.75) is 38.5 Å². The number of nitrogens with zero attached hydrogens (tertiary/aromatic N) is 1. The van der Waals surface area contributed by atoms with E-state index in [1.165, 1.54) is 63.1 Å². The van der Waals surface area contributed by atoms with Crippen LogP contribution in [0.25, 0.3) is 0 Å². The third-order valence-corrected chi connectivity index (χ3v) is 5.28. The minimum atomic E-state index is 0.362. The van der Waals surface area contributed by atoms with E-state index in [0.29, 0.717) is 5.41 Å². The van der Waals surface area contributed by atoms with E-state index in [1.54, 1.807) is 0 Å². The quantitative estimate of drug-likeness (QED) is 0.910. The van der Waals surface area contributed by atoms with Gasteiger partial charge in [0.1, 0.15) is 0 Å². The Bertz CT molecular complexity index is 433. The van der Waals surface area contributed by atoms with Crippen molar-refractivity contribution in [2.24, 2.45) is 5.92 Å². The molecule has 0 saturated carbocycles. The zero-order valence-corrected chi connectivity index (χ0v) is 13.0. The Hall–Kier alpha value is -0.860. The van der Waals surface area contributed by atoms with Crippen molar-refractivity contribution in [3.8, 4) is 0 Å². The van der Waals surface area contributed by atoms with Crippen molar-refractivity contribution in [3.05, 3.63) is 35.4 Å². The molecular weight excluding hydrogens is 244 g/mol. The molecule has 2 heteroatoms. The van der Waals surface area contributed by atoms with Gasteiger partial charge in [0, 0.05) is 18.5 Å². The molecule has 0 aliphatic carbocycles. The average Bonchev–Trinajstić information content (AvgIpc) is 2.83. The first-order valence-electron chi connectivity index (χ1n) is 8.16. The van der Waals surface area contributed by atoms with E-state index >= 15 is 0 Å². The number of nitrogens with one attached hydrogen (secondary N) is 1. The third kappa shape index (κ3) is 3.07. The van der Waals surface area contributed by atoms with E-state index in [4.69, 9.17) is 0 Å². The first kappa shape index (κ1) is 14.1. The van der Waals surface area contributed by atoms with Crippen molar-refractivity contribution < 1.29 is 0 Å². The largest absolute Gasteiger partial charge is 0.317 e. The Labute approximate surface area is 123 Å². The van der Waals surface area contributed by atoms with E-state index in [0.717, 1.165) is 5.92 Å². The fourth-order valence-corrected chi connectivity index (χ4v) is 3.83. The lowest BCUT2D eigenvalue weighted by Crippen LogP contribution is -2.36. The van der Waals surface area contributed by atoms with Crippen molar-refractivity contribution in [3.63, 3.8) is 0 Å². The molecule has 2 aliphatic heterocycles. The van der Waals surface area contributed by atoms with Gasteiger partial charge in [-0.3, -0.25) is 0 Å². The fraction of sp³-hybridized carbons (Fsp3) is 0.667. The molecule has 0 aromatic heterocycles. The van der Waals surface area contributed by atoms with Gasteiger partial charge in [0.15, 0.2) is 0 Å². The molecule has 0 bridgehead atoms. The van der Waals surface area contributed by atoms with E-state index < -0.39 is 0 Å². The highest BCUT2D eigenvalue weighted by Crippen LogP contribution is 2.35. The van der Waals surface area contributed by atoms with Gasteiger partial charge in [-0.1, -0.05) is 36.8 Å². The van der Waals surface area contributed by atoms with Crippen molar-refractivity contribution in [2.75, 3.05) is 32.7 Å². The maximum absolute atomic E-state index is 3.47. The molecule has 3 rings (SSSR count). The topological polar surface area (TPSA) is 15.3 Å². The van der Waals surface area contributed by atoms with Crippen molar-refractivity contribution >= 4 is 0 Å². The van der Waals surface area contributed by atoms with Crippen LogP contribution in [0.1, 0.15) is 37.3 Å². The minimum absolute atomic E-state index is 0.362. The van der Waals surface area contributed by atoms with Gasteiger partial charge in [0.05, 0.1) is 0 Å². The summed E-state index contributed by atoms with van der Waals surface area (Å²) in [6, 6.07) is 9.19. The summed E-state index contributed by atoms with van der Waals surface area (Å²) in [5, 5.41) is 3.47. The molecule has 1 unspecified atom stereocenters. The number of aryl methyl sites for hydroxylation is 1. The van der Waals surface area contributed by atoms with E-state index in [2.05, 4.69) is 48.3 Å². The van der Waals surface area contributed by atoms with Crippen LogP contribution in [0.5, 0.6) is 0 Å². The van der Waals surface area contributed by atoms with Gasteiger partial charge in [0.25, 0.3) is 0 Å². The summed E-state index contributed by atoms with van der Waals surface area (Å²) in [7, 11) is 0. The predicted molar refractivity (Wildman–Crippen MR) is 85.2 cm³/mol. The van der Waals surface area contributed by atoms with Crippen molar-refractivity contribution in [1.82, 2.24) is 10.2 Å². The molecule has 1 N–H and O–H groups in total. The number of likely N-dealkylation sites (tertiary alicyclic amines) is 1. The number of piperidine rings is 1. The van der Waals surface area contributed by atoms with E-state index in [-0.39, 0.29) is 0 Å². The molecule has 1 aromatic rings. The summed E-state index contributed by atoms with van der Waals surface area (Å²) in [4.78, 5) is 2.70. The highest BCUT2D eigenvalue weighted by molar-refractivity contribution is 5.29. The first-order chi connectivity index (χ1) is 9.66. The predicted octanol–water partition coefficient (Wildman–Crippen LogP) is 2.96. The summed E-state index contributed by atoms with van der Waals surface area (Å²) < 4.78 is 0. The Morgan fingerprint density at radius 2 is 1.90 bits per heavy atom. The Morgan fingerprint density at radius 1 is 1.20 bits per heavy atom. The lowest BCUT2D eigenvalue weighted by molar-refractivity contribution is 0.231. The van der Waals surface area contributed by atoms with Crippen LogP contribution >= 0.6 is 0 Å². The first-order valence-corrected chi connectivity index (χ1v) is 8.16. The van der Waals surface area contributed by atoms with Crippen LogP contribution in [-0.4, -0.2) is 37.6 Å². The van der Waals surface area contributed by atoms with Crippen LogP contribution < -0.4 is 5.32 Å². The van der Waals surface area contributed by atoms with Crippen LogP contribution in [0, 0.1) is 12.8 Å². The van der Waals surface area contributed by atoms with Gasteiger partial charge in [-0.2, -0.15) is 0 Å². The third-order valence-electron chi connectivity index (χ3n) is 5.28. The Morgan fingerprint density at radius 3 is 2.60 bits per heavy atom. The lowest BCUT2D eigenvalue weighted by atomic mass is 9.81. The summed E-state index contributed by atoms with van der Waals surface area (Å²) in [6.45, 7) is 10.9. The monoisotopic (exact) mass is 272 g/mol. The van der Waals surface area contributed by atoms with Crippen LogP contribution in [0.15, 0.2) is 24.3 Å². The maximum atomic E-state index is 3.47. The molecule has 2 heterocycles. The maximum Gasteiger partial charge on any atom is 0.00766 e. The van der Waals surface area contributed by atoms with Gasteiger partial charge in [-0.25, -0.2) is 0 Å². The second kappa shape index (κ2) is 5.87.